The van der Waals surface area contributed by atoms with Crippen molar-refractivity contribution in [3.05, 3.63) is 65.0 Å². The molecule has 0 aliphatic carbocycles. The van der Waals surface area contributed by atoms with Crippen LogP contribution in [0.2, 0.25) is 0 Å². The van der Waals surface area contributed by atoms with Gasteiger partial charge in [0.2, 0.25) is 5.91 Å². The molecule has 0 heterocycles. The van der Waals surface area contributed by atoms with Crippen molar-refractivity contribution in [1.82, 2.24) is 10.2 Å². The summed E-state index contributed by atoms with van der Waals surface area (Å²) >= 11 is 0. The zero-order valence-corrected chi connectivity index (χ0v) is 18.2. The van der Waals surface area contributed by atoms with Crippen molar-refractivity contribution in [3.63, 3.8) is 0 Å². The summed E-state index contributed by atoms with van der Waals surface area (Å²) in [6, 6.07) is 11.1. The highest BCUT2D eigenvalue weighted by atomic mass is 19.1. The first kappa shape index (κ1) is 23.4. The van der Waals surface area contributed by atoms with Crippen LogP contribution >= 0.6 is 0 Å². The molecular weight excluding hydrogens is 383 g/mol. The van der Waals surface area contributed by atoms with Crippen molar-refractivity contribution in [1.29, 1.82) is 0 Å². The van der Waals surface area contributed by atoms with Gasteiger partial charge < -0.3 is 15.0 Å². The van der Waals surface area contributed by atoms with Crippen LogP contribution in [0.25, 0.3) is 0 Å². The van der Waals surface area contributed by atoms with Gasteiger partial charge in [-0.1, -0.05) is 43.7 Å². The monoisotopic (exact) mass is 414 g/mol. The quantitative estimate of drug-likeness (QED) is 0.635. The lowest BCUT2D eigenvalue weighted by molar-refractivity contribution is -0.143. The highest BCUT2D eigenvalue weighted by Gasteiger charge is 2.28. The van der Waals surface area contributed by atoms with E-state index in [4.69, 9.17) is 4.74 Å². The molecule has 0 aliphatic rings. The molecule has 1 unspecified atom stereocenters. The summed E-state index contributed by atoms with van der Waals surface area (Å²) in [6.45, 7) is 8.33. The van der Waals surface area contributed by atoms with Crippen molar-refractivity contribution in [2.45, 2.75) is 53.1 Å². The van der Waals surface area contributed by atoms with Crippen molar-refractivity contribution in [2.75, 3.05) is 13.2 Å². The van der Waals surface area contributed by atoms with Gasteiger partial charge in [0.1, 0.15) is 17.6 Å². The fraction of sp³-hybridized carbons (Fsp3) is 0.417. The first-order valence-electron chi connectivity index (χ1n) is 10.4. The van der Waals surface area contributed by atoms with Gasteiger partial charge in [-0.05, 0) is 56.0 Å². The number of nitrogens with one attached hydrogen (secondary N) is 1. The number of hydrogen-bond acceptors (Lipinski definition) is 3. The Morgan fingerprint density at radius 2 is 1.80 bits per heavy atom. The maximum absolute atomic E-state index is 13.3. The number of ether oxygens (including phenoxy) is 1. The second-order valence-electron chi connectivity index (χ2n) is 7.42. The summed E-state index contributed by atoms with van der Waals surface area (Å²) in [5, 5.41) is 2.87. The fourth-order valence-electron chi connectivity index (χ4n) is 3.26. The van der Waals surface area contributed by atoms with E-state index >= 15 is 0 Å². The number of halogens is 1. The Hall–Kier alpha value is -2.89. The minimum atomic E-state index is -0.628. The molecule has 162 valence electrons. The Morgan fingerprint density at radius 3 is 2.40 bits per heavy atom. The van der Waals surface area contributed by atoms with E-state index in [0.29, 0.717) is 18.7 Å². The molecule has 1 N–H and O–H groups in total. The first-order chi connectivity index (χ1) is 14.3. The molecule has 2 amide bonds. The molecule has 2 aromatic rings. The zero-order valence-electron chi connectivity index (χ0n) is 18.2. The number of benzene rings is 2. The lowest BCUT2D eigenvalue weighted by Gasteiger charge is -2.30. The molecule has 5 nitrogen and oxygen atoms in total. The normalized spacial score (nSPS) is 11.6. The van der Waals surface area contributed by atoms with Gasteiger partial charge in [0, 0.05) is 13.1 Å². The van der Waals surface area contributed by atoms with E-state index in [2.05, 4.69) is 5.32 Å². The van der Waals surface area contributed by atoms with E-state index < -0.39 is 6.04 Å². The van der Waals surface area contributed by atoms with Crippen LogP contribution in [0.15, 0.2) is 42.5 Å². The van der Waals surface area contributed by atoms with Crippen molar-refractivity contribution in [2.24, 2.45) is 0 Å². The minimum absolute atomic E-state index is 0.178. The highest BCUT2D eigenvalue weighted by Crippen LogP contribution is 2.19. The summed E-state index contributed by atoms with van der Waals surface area (Å²) in [7, 11) is 0. The van der Waals surface area contributed by atoms with Gasteiger partial charge >= 0.3 is 0 Å². The Balaban J connectivity index is 2.20. The number of amides is 2. The van der Waals surface area contributed by atoms with E-state index in [0.717, 1.165) is 23.1 Å². The van der Waals surface area contributed by atoms with E-state index in [-0.39, 0.29) is 30.8 Å². The Morgan fingerprint density at radius 1 is 1.10 bits per heavy atom. The average molecular weight is 415 g/mol. The molecule has 2 rings (SSSR count). The van der Waals surface area contributed by atoms with Gasteiger partial charge in [-0.15, -0.1) is 0 Å². The van der Waals surface area contributed by atoms with E-state index in [1.165, 1.54) is 17.0 Å². The molecule has 0 saturated heterocycles. The molecule has 0 fully saturated rings. The summed E-state index contributed by atoms with van der Waals surface area (Å²) in [6.07, 6.45) is 1.27. The maximum atomic E-state index is 13.3. The molecule has 0 aromatic heterocycles. The summed E-state index contributed by atoms with van der Waals surface area (Å²) in [5.41, 5.74) is 2.81. The van der Waals surface area contributed by atoms with Crippen molar-refractivity contribution in [3.8, 4) is 5.75 Å². The SMILES string of the molecule is CCCNC(=O)C(CC)N(Cc1ccc(F)cc1)C(=O)COc1ccc(C)cc1C. The zero-order chi connectivity index (χ0) is 22.1. The van der Waals surface area contributed by atoms with Gasteiger partial charge in [0.05, 0.1) is 0 Å². The number of rotatable bonds is 10. The fourth-order valence-corrected chi connectivity index (χ4v) is 3.26. The number of carbonyl (C=O) groups excluding carboxylic acids is 2. The Bertz CT molecular complexity index is 852. The molecule has 0 saturated carbocycles. The minimum Gasteiger partial charge on any atom is -0.483 e. The van der Waals surface area contributed by atoms with Crippen LogP contribution in [-0.2, 0) is 16.1 Å². The maximum Gasteiger partial charge on any atom is 0.261 e. The molecule has 1 atom stereocenters. The van der Waals surface area contributed by atoms with Crippen LogP contribution in [0.5, 0.6) is 5.75 Å². The molecule has 0 bridgehead atoms. The lowest BCUT2D eigenvalue weighted by Crippen LogP contribution is -2.50. The molecule has 6 heteroatoms. The third-order valence-electron chi connectivity index (χ3n) is 4.88. The van der Waals surface area contributed by atoms with Crippen LogP contribution in [0.4, 0.5) is 4.39 Å². The van der Waals surface area contributed by atoms with Gasteiger partial charge in [-0.3, -0.25) is 9.59 Å². The van der Waals surface area contributed by atoms with Gasteiger partial charge in [-0.2, -0.15) is 0 Å². The molecule has 0 aliphatic heterocycles. The number of hydrogen-bond donors (Lipinski definition) is 1. The summed E-state index contributed by atoms with van der Waals surface area (Å²) < 4.78 is 19.0. The summed E-state index contributed by atoms with van der Waals surface area (Å²) in [5.74, 6) is -0.194. The average Bonchev–Trinajstić information content (AvgIpc) is 2.72. The topological polar surface area (TPSA) is 58.6 Å². The lowest BCUT2D eigenvalue weighted by atomic mass is 10.1. The molecule has 0 spiro atoms. The van der Waals surface area contributed by atoms with Crippen LogP contribution < -0.4 is 10.1 Å². The second kappa shape index (κ2) is 11.3. The highest BCUT2D eigenvalue weighted by molar-refractivity contribution is 5.88. The Labute approximate surface area is 178 Å². The van der Waals surface area contributed by atoms with E-state index in [1.54, 1.807) is 12.1 Å². The van der Waals surface area contributed by atoms with Gasteiger partial charge in [0.25, 0.3) is 5.91 Å². The van der Waals surface area contributed by atoms with Crippen LogP contribution in [0.1, 0.15) is 43.4 Å². The van der Waals surface area contributed by atoms with E-state index in [9.17, 15) is 14.0 Å². The molecule has 0 radical (unpaired) electrons. The molecule has 30 heavy (non-hydrogen) atoms. The molecule has 2 aromatic carbocycles. The Kier molecular flexibility index (Phi) is 8.84. The van der Waals surface area contributed by atoms with Crippen LogP contribution in [0, 0.1) is 19.7 Å². The predicted octanol–water partition coefficient (Wildman–Crippen LogP) is 4.15. The number of carbonyl (C=O) groups is 2. The third kappa shape index (κ3) is 6.58. The number of nitrogens with zero attached hydrogens (tertiary/aromatic N) is 1. The van der Waals surface area contributed by atoms with Gasteiger partial charge in [-0.25, -0.2) is 4.39 Å². The van der Waals surface area contributed by atoms with Crippen LogP contribution in [-0.4, -0.2) is 35.9 Å². The van der Waals surface area contributed by atoms with E-state index in [1.807, 2.05) is 45.9 Å². The molecular formula is C24H31FN2O3. The third-order valence-corrected chi connectivity index (χ3v) is 4.88. The first-order valence-corrected chi connectivity index (χ1v) is 10.4. The van der Waals surface area contributed by atoms with Crippen LogP contribution in [0.3, 0.4) is 0 Å². The summed E-state index contributed by atoms with van der Waals surface area (Å²) in [4.78, 5) is 27.3. The van der Waals surface area contributed by atoms with Gasteiger partial charge in [0.15, 0.2) is 6.61 Å². The predicted molar refractivity (Wildman–Crippen MR) is 116 cm³/mol. The van der Waals surface area contributed by atoms with Crippen molar-refractivity contribution < 1.29 is 18.7 Å². The standard InChI is InChI=1S/C24H31FN2O3/c1-5-13-26-24(29)21(6-2)27(15-19-8-10-20(25)11-9-19)23(28)16-30-22-12-7-17(3)14-18(22)4/h7-12,14,21H,5-6,13,15-16H2,1-4H3,(H,26,29). The van der Waals surface area contributed by atoms with Crippen molar-refractivity contribution >= 4 is 11.8 Å². The smallest absolute Gasteiger partial charge is 0.261 e. The number of aryl methyl sites for hydroxylation is 2. The second-order valence-corrected chi connectivity index (χ2v) is 7.42. The largest absolute Gasteiger partial charge is 0.483 e.